The van der Waals surface area contributed by atoms with E-state index in [2.05, 4.69) is 47.8 Å². The fourth-order valence-corrected chi connectivity index (χ4v) is 4.80. The fourth-order valence-electron chi connectivity index (χ4n) is 3.42. The third kappa shape index (κ3) is 8.95. The maximum absolute atomic E-state index is 13.2. The molecule has 4 rings (SSSR count). The zero-order valence-electron chi connectivity index (χ0n) is 20.5. The number of carbonyl (C=O) groups excluding carboxylic acids is 3. The molecule has 6 nitrogen and oxygen atoms in total. The first-order valence-corrected chi connectivity index (χ1v) is 14.4. The van der Waals surface area contributed by atoms with Crippen LogP contribution in [0.25, 0.3) is 6.08 Å². The van der Waals surface area contributed by atoms with Crippen molar-refractivity contribution in [3.05, 3.63) is 129 Å². The van der Waals surface area contributed by atoms with Gasteiger partial charge in [-0.05, 0) is 84.4 Å². The van der Waals surface area contributed by atoms with Gasteiger partial charge in [0.05, 0.1) is 5.75 Å². The number of hydrogen-bond donors (Lipinski definition) is 3. The van der Waals surface area contributed by atoms with Gasteiger partial charge in [0.2, 0.25) is 5.91 Å². The number of amides is 3. The summed E-state index contributed by atoms with van der Waals surface area (Å²) in [6.45, 7) is 0. The van der Waals surface area contributed by atoms with Gasteiger partial charge in [-0.15, -0.1) is 11.8 Å². The van der Waals surface area contributed by atoms with E-state index in [0.717, 1.165) is 25.1 Å². The predicted molar refractivity (Wildman–Crippen MR) is 165 cm³/mol. The first kappa shape index (κ1) is 28.4. The summed E-state index contributed by atoms with van der Waals surface area (Å²) in [4.78, 5) is 39.1. The summed E-state index contributed by atoms with van der Waals surface area (Å²) in [6.07, 6.45) is 1.62. The van der Waals surface area contributed by atoms with Crippen LogP contribution in [0.15, 0.2) is 123 Å². The molecule has 0 spiro atoms. The molecule has 0 aromatic heterocycles. The molecular formula is C30H23Br2N3O3S. The van der Waals surface area contributed by atoms with E-state index in [1.807, 2.05) is 66.7 Å². The highest BCUT2D eigenvalue weighted by Gasteiger charge is 2.15. The molecule has 0 aliphatic heterocycles. The Hall–Kier alpha value is -3.66. The quantitative estimate of drug-likeness (QED) is 0.129. The molecule has 0 fully saturated rings. The number of rotatable bonds is 9. The minimum absolute atomic E-state index is 0.102. The number of nitrogens with one attached hydrogen (secondary N) is 3. The van der Waals surface area contributed by atoms with Gasteiger partial charge in [0.15, 0.2) is 0 Å². The Morgan fingerprint density at radius 3 is 2.08 bits per heavy atom. The molecule has 0 aliphatic carbocycles. The number of hydrogen-bond acceptors (Lipinski definition) is 4. The number of carbonyl (C=O) groups is 3. The Morgan fingerprint density at radius 2 is 1.38 bits per heavy atom. The van der Waals surface area contributed by atoms with Crippen molar-refractivity contribution in [2.75, 3.05) is 16.4 Å². The van der Waals surface area contributed by atoms with E-state index >= 15 is 0 Å². The van der Waals surface area contributed by atoms with Gasteiger partial charge in [0.1, 0.15) is 5.70 Å². The molecule has 4 aromatic rings. The van der Waals surface area contributed by atoms with E-state index < -0.39 is 5.91 Å². The van der Waals surface area contributed by atoms with E-state index in [1.165, 1.54) is 11.8 Å². The smallest absolute Gasteiger partial charge is 0.272 e. The van der Waals surface area contributed by atoms with Gasteiger partial charge >= 0.3 is 0 Å². The molecule has 3 amide bonds. The highest BCUT2D eigenvalue weighted by Crippen LogP contribution is 2.22. The predicted octanol–water partition coefficient (Wildman–Crippen LogP) is 7.35. The van der Waals surface area contributed by atoms with Gasteiger partial charge in [-0.25, -0.2) is 0 Å². The van der Waals surface area contributed by atoms with E-state index in [9.17, 15) is 14.4 Å². The number of anilines is 2. The van der Waals surface area contributed by atoms with Crippen molar-refractivity contribution < 1.29 is 14.4 Å². The van der Waals surface area contributed by atoms with E-state index in [1.54, 1.807) is 42.5 Å². The first-order valence-electron chi connectivity index (χ1n) is 11.8. The van der Waals surface area contributed by atoms with Crippen molar-refractivity contribution in [2.45, 2.75) is 4.90 Å². The third-order valence-electron chi connectivity index (χ3n) is 5.30. The topological polar surface area (TPSA) is 87.3 Å². The van der Waals surface area contributed by atoms with Crippen LogP contribution in [-0.2, 0) is 9.59 Å². The largest absolute Gasteiger partial charge is 0.325 e. The van der Waals surface area contributed by atoms with Crippen LogP contribution in [0, 0.1) is 0 Å². The van der Waals surface area contributed by atoms with Gasteiger partial charge in [-0.1, -0.05) is 62.2 Å². The Kier molecular flexibility index (Phi) is 10.1. The van der Waals surface area contributed by atoms with Gasteiger partial charge in [-0.3, -0.25) is 14.4 Å². The summed E-state index contributed by atoms with van der Waals surface area (Å²) in [5, 5.41) is 8.43. The minimum Gasteiger partial charge on any atom is -0.325 e. The number of benzene rings is 4. The molecule has 0 heterocycles. The molecule has 0 atom stereocenters. The van der Waals surface area contributed by atoms with Gasteiger partial charge in [0, 0.05) is 30.8 Å². The zero-order chi connectivity index (χ0) is 27.6. The van der Waals surface area contributed by atoms with Crippen LogP contribution >= 0.6 is 43.6 Å². The molecule has 0 saturated heterocycles. The summed E-state index contributed by atoms with van der Waals surface area (Å²) >= 11 is 8.19. The highest BCUT2D eigenvalue weighted by atomic mass is 79.9. The van der Waals surface area contributed by atoms with Crippen molar-refractivity contribution in [3.63, 3.8) is 0 Å². The standard InChI is InChI=1S/C30H23Br2N3O3S/c31-22-9-11-24(12-10-22)33-28(36)19-39-26-15-13-25(14-16-26)34-30(38)27(18-20-5-4-8-23(32)17-20)35-29(37)21-6-2-1-3-7-21/h1-18H,19H2,(H,33,36)(H,34,38)(H,35,37)/b27-18-. The summed E-state index contributed by atoms with van der Waals surface area (Å²) in [6, 6.07) is 30.6. The van der Waals surface area contributed by atoms with Crippen LogP contribution in [0.3, 0.4) is 0 Å². The number of halogens is 2. The molecule has 4 aromatic carbocycles. The Labute approximate surface area is 247 Å². The molecule has 0 saturated carbocycles. The molecule has 39 heavy (non-hydrogen) atoms. The maximum Gasteiger partial charge on any atom is 0.272 e. The third-order valence-corrected chi connectivity index (χ3v) is 7.33. The monoisotopic (exact) mass is 663 g/mol. The molecule has 0 unspecified atom stereocenters. The first-order chi connectivity index (χ1) is 18.9. The van der Waals surface area contributed by atoms with Crippen LogP contribution in [0.4, 0.5) is 11.4 Å². The van der Waals surface area contributed by atoms with Crippen molar-refractivity contribution >= 4 is 78.8 Å². The van der Waals surface area contributed by atoms with Crippen LogP contribution < -0.4 is 16.0 Å². The second-order valence-electron chi connectivity index (χ2n) is 8.26. The van der Waals surface area contributed by atoms with Gasteiger partial charge in [-0.2, -0.15) is 0 Å². The molecule has 0 radical (unpaired) electrons. The normalized spacial score (nSPS) is 11.0. The van der Waals surface area contributed by atoms with Crippen LogP contribution in [0.5, 0.6) is 0 Å². The molecule has 196 valence electrons. The molecular weight excluding hydrogens is 642 g/mol. The maximum atomic E-state index is 13.2. The fraction of sp³-hybridized carbons (Fsp3) is 0.0333. The lowest BCUT2D eigenvalue weighted by atomic mass is 10.1. The minimum atomic E-state index is -0.464. The molecule has 0 bridgehead atoms. The lowest BCUT2D eigenvalue weighted by molar-refractivity contribution is -0.114. The van der Waals surface area contributed by atoms with E-state index in [0.29, 0.717) is 11.3 Å². The van der Waals surface area contributed by atoms with E-state index in [-0.39, 0.29) is 23.3 Å². The summed E-state index contributed by atoms with van der Waals surface area (Å²) < 4.78 is 1.79. The van der Waals surface area contributed by atoms with E-state index in [4.69, 9.17) is 0 Å². The highest BCUT2D eigenvalue weighted by molar-refractivity contribution is 9.10. The Balaban J connectivity index is 1.40. The van der Waals surface area contributed by atoms with Crippen LogP contribution in [0.1, 0.15) is 15.9 Å². The van der Waals surface area contributed by atoms with Crippen molar-refractivity contribution in [3.8, 4) is 0 Å². The van der Waals surface area contributed by atoms with Crippen LogP contribution in [0.2, 0.25) is 0 Å². The summed E-state index contributed by atoms with van der Waals surface area (Å²) in [5.41, 5.74) is 2.57. The average molecular weight is 665 g/mol. The summed E-state index contributed by atoms with van der Waals surface area (Å²) in [5.74, 6) is -0.725. The Morgan fingerprint density at radius 1 is 0.718 bits per heavy atom. The SMILES string of the molecule is O=C(CSc1ccc(NC(=O)/C(=C/c2cccc(Br)c2)NC(=O)c2ccccc2)cc1)Nc1ccc(Br)cc1. The molecule has 9 heteroatoms. The second-order valence-corrected chi connectivity index (χ2v) is 11.1. The lowest BCUT2D eigenvalue weighted by Gasteiger charge is -2.12. The zero-order valence-corrected chi connectivity index (χ0v) is 24.5. The Bertz CT molecular complexity index is 1490. The van der Waals surface area contributed by atoms with Crippen molar-refractivity contribution in [2.24, 2.45) is 0 Å². The van der Waals surface area contributed by atoms with Crippen molar-refractivity contribution in [1.82, 2.24) is 5.32 Å². The second kappa shape index (κ2) is 13.9. The molecule has 0 aliphatic rings. The van der Waals surface area contributed by atoms with Crippen LogP contribution in [-0.4, -0.2) is 23.5 Å². The summed E-state index contributed by atoms with van der Waals surface area (Å²) in [7, 11) is 0. The molecule has 3 N–H and O–H groups in total. The van der Waals surface area contributed by atoms with Gasteiger partial charge in [0.25, 0.3) is 11.8 Å². The number of thioether (sulfide) groups is 1. The van der Waals surface area contributed by atoms with Crippen molar-refractivity contribution in [1.29, 1.82) is 0 Å². The average Bonchev–Trinajstić information content (AvgIpc) is 2.94. The lowest BCUT2D eigenvalue weighted by Crippen LogP contribution is -2.30. The van der Waals surface area contributed by atoms with Gasteiger partial charge < -0.3 is 16.0 Å².